The van der Waals surface area contributed by atoms with Gasteiger partial charge in [0.1, 0.15) is 17.8 Å². The highest BCUT2D eigenvalue weighted by atomic mass is 16.2. The van der Waals surface area contributed by atoms with Crippen molar-refractivity contribution in [3.05, 3.63) is 48.8 Å². The van der Waals surface area contributed by atoms with E-state index in [2.05, 4.69) is 21.9 Å². The first-order valence-electron chi connectivity index (χ1n) is 10.2. The van der Waals surface area contributed by atoms with Gasteiger partial charge in [-0.25, -0.2) is 14.6 Å². The molecule has 3 aromatic rings. The fourth-order valence-electron chi connectivity index (χ4n) is 3.94. The molecule has 9 heteroatoms. The molecule has 31 heavy (non-hydrogen) atoms. The minimum atomic E-state index is -0.0784. The molecule has 2 aromatic heterocycles. The van der Waals surface area contributed by atoms with E-state index in [4.69, 9.17) is 10.8 Å². The molecule has 1 fully saturated rings. The molecule has 3 N–H and O–H groups in total. The van der Waals surface area contributed by atoms with Crippen LogP contribution in [0.3, 0.4) is 0 Å². The Morgan fingerprint density at radius 2 is 2.06 bits per heavy atom. The van der Waals surface area contributed by atoms with E-state index in [0.717, 1.165) is 24.0 Å². The largest absolute Gasteiger partial charge is 0.383 e. The van der Waals surface area contributed by atoms with E-state index in [1.54, 1.807) is 4.90 Å². The topological polar surface area (TPSA) is 119 Å². The normalized spacial score (nSPS) is 16.3. The number of nitrogens with zero attached hydrogens (tertiary/aromatic N) is 5. The lowest BCUT2D eigenvalue weighted by Gasteiger charge is -2.32. The molecule has 1 aliphatic rings. The molecule has 0 spiro atoms. The summed E-state index contributed by atoms with van der Waals surface area (Å²) in [5.41, 5.74) is 9.44. The zero-order chi connectivity index (χ0) is 22.0. The Balaban J connectivity index is 1.71. The maximum atomic E-state index is 12.1. The van der Waals surface area contributed by atoms with Crippen molar-refractivity contribution in [2.24, 2.45) is 0 Å². The van der Waals surface area contributed by atoms with E-state index in [0.29, 0.717) is 42.2 Å². The fourth-order valence-corrected chi connectivity index (χ4v) is 3.94. The first-order valence-corrected chi connectivity index (χ1v) is 10.2. The number of aromatic nitrogens is 4. The van der Waals surface area contributed by atoms with Crippen molar-refractivity contribution in [1.82, 2.24) is 30.0 Å². The number of piperidine rings is 1. The molecule has 1 atom stereocenters. The molecular weight excluding hydrogens is 394 g/mol. The number of likely N-dealkylation sites (tertiary alicyclic amines) is 1. The van der Waals surface area contributed by atoms with Crippen molar-refractivity contribution in [1.29, 1.82) is 0 Å². The van der Waals surface area contributed by atoms with Crippen molar-refractivity contribution in [2.75, 3.05) is 18.8 Å². The summed E-state index contributed by atoms with van der Waals surface area (Å²) in [6.45, 7) is 6.80. The van der Waals surface area contributed by atoms with Gasteiger partial charge in [0.05, 0.1) is 11.4 Å². The Labute approximate surface area is 180 Å². The number of fused-ring (bicyclic) bond motifs is 1. The molecule has 1 saturated heterocycles. The van der Waals surface area contributed by atoms with E-state index >= 15 is 0 Å². The Hall–Kier alpha value is -3.75. The van der Waals surface area contributed by atoms with Crippen molar-refractivity contribution >= 4 is 28.7 Å². The van der Waals surface area contributed by atoms with Crippen LogP contribution in [0.2, 0.25) is 0 Å². The number of nitrogens with one attached hydrogen (secondary N) is 1. The van der Waals surface area contributed by atoms with Crippen LogP contribution in [-0.2, 0) is 16.1 Å². The third kappa shape index (κ3) is 4.11. The molecule has 1 unspecified atom stereocenters. The van der Waals surface area contributed by atoms with Crippen molar-refractivity contribution in [3.8, 4) is 11.3 Å². The van der Waals surface area contributed by atoms with Crippen molar-refractivity contribution in [2.45, 2.75) is 32.4 Å². The van der Waals surface area contributed by atoms with Crippen LogP contribution in [0, 0.1) is 0 Å². The second kappa shape index (κ2) is 8.55. The number of carbonyl (C=O) groups is 2. The molecule has 2 amide bonds. The van der Waals surface area contributed by atoms with Gasteiger partial charge in [-0.1, -0.05) is 30.8 Å². The number of benzene rings is 1. The molecule has 1 aliphatic heterocycles. The molecule has 160 valence electrons. The van der Waals surface area contributed by atoms with E-state index in [-0.39, 0.29) is 17.9 Å². The van der Waals surface area contributed by atoms with Crippen LogP contribution in [0.15, 0.2) is 43.2 Å². The minimum Gasteiger partial charge on any atom is -0.383 e. The number of anilines is 1. The van der Waals surface area contributed by atoms with E-state index in [1.807, 2.05) is 28.9 Å². The molecule has 4 rings (SSSR count). The van der Waals surface area contributed by atoms with Crippen LogP contribution in [-0.4, -0.2) is 49.6 Å². The van der Waals surface area contributed by atoms with Crippen molar-refractivity contribution in [3.63, 3.8) is 0 Å². The maximum Gasteiger partial charge on any atom is 0.246 e. The molecule has 0 saturated carbocycles. The van der Waals surface area contributed by atoms with Crippen LogP contribution in [0.25, 0.3) is 22.3 Å². The van der Waals surface area contributed by atoms with Gasteiger partial charge in [-0.05, 0) is 24.5 Å². The number of nitrogens with two attached hydrogens (primary N) is 1. The first kappa shape index (κ1) is 20.5. The monoisotopic (exact) mass is 419 g/mol. The quantitative estimate of drug-likeness (QED) is 0.611. The standard InChI is InChI=1S/C22H25N7O2/c1-3-18(31)28-10-4-5-17(12-28)29-22-19(21(23)25-13-26-22)20(27-29)16-8-6-15(7-9-16)11-24-14(2)30/h3,6-9,13,17H,1,4-5,10-12H2,2H3,(H,24,30)(H2,23,25,26). The van der Waals surface area contributed by atoms with Gasteiger partial charge in [0.15, 0.2) is 5.65 Å². The van der Waals surface area contributed by atoms with E-state index in [9.17, 15) is 9.59 Å². The summed E-state index contributed by atoms with van der Waals surface area (Å²) in [6, 6.07) is 7.78. The highest BCUT2D eigenvalue weighted by molar-refractivity contribution is 5.98. The van der Waals surface area contributed by atoms with Gasteiger partial charge in [0, 0.05) is 32.1 Å². The van der Waals surface area contributed by atoms with Crippen LogP contribution >= 0.6 is 0 Å². The number of amides is 2. The predicted octanol–water partition coefficient (Wildman–Crippen LogP) is 2.06. The van der Waals surface area contributed by atoms with Gasteiger partial charge in [0.25, 0.3) is 0 Å². The zero-order valence-corrected chi connectivity index (χ0v) is 17.4. The summed E-state index contributed by atoms with van der Waals surface area (Å²) in [6.07, 6.45) is 4.54. The minimum absolute atomic E-state index is 0.0118. The molecule has 0 aliphatic carbocycles. The number of hydrogen-bond acceptors (Lipinski definition) is 6. The average molecular weight is 419 g/mol. The van der Waals surface area contributed by atoms with Gasteiger partial charge < -0.3 is 16.0 Å². The molecule has 3 heterocycles. The highest BCUT2D eigenvalue weighted by Gasteiger charge is 2.27. The Kier molecular flexibility index (Phi) is 5.66. The highest BCUT2D eigenvalue weighted by Crippen LogP contribution is 2.33. The summed E-state index contributed by atoms with van der Waals surface area (Å²) in [4.78, 5) is 33.7. The third-order valence-electron chi connectivity index (χ3n) is 5.52. The molecular formula is C22H25N7O2. The number of rotatable bonds is 5. The number of nitrogen functional groups attached to an aromatic ring is 1. The smallest absolute Gasteiger partial charge is 0.246 e. The van der Waals surface area contributed by atoms with Crippen LogP contribution < -0.4 is 11.1 Å². The molecule has 0 radical (unpaired) electrons. The summed E-state index contributed by atoms with van der Waals surface area (Å²) in [7, 11) is 0. The van der Waals surface area contributed by atoms with Gasteiger partial charge in [0.2, 0.25) is 11.8 Å². The maximum absolute atomic E-state index is 12.1. The first-order chi connectivity index (χ1) is 15.0. The number of carbonyl (C=O) groups excluding carboxylic acids is 2. The average Bonchev–Trinajstić information content (AvgIpc) is 3.18. The van der Waals surface area contributed by atoms with Crippen molar-refractivity contribution < 1.29 is 9.59 Å². The third-order valence-corrected chi connectivity index (χ3v) is 5.52. The molecule has 1 aromatic carbocycles. The molecule has 9 nitrogen and oxygen atoms in total. The summed E-state index contributed by atoms with van der Waals surface area (Å²) >= 11 is 0. The second-order valence-electron chi connectivity index (χ2n) is 7.64. The summed E-state index contributed by atoms with van der Waals surface area (Å²) in [5, 5.41) is 8.35. The Morgan fingerprint density at radius 1 is 1.29 bits per heavy atom. The lowest BCUT2D eigenvalue weighted by atomic mass is 10.1. The predicted molar refractivity (Wildman–Crippen MR) is 118 cm³/mol. The molecule has 0 bridgehead atoms. The fraction of sp³-hybridized carbons (Fsp3) is 0.318. The summed E-state index contributed by atoms with van der Waals surface area (Å²) < 4.78 is 1.87. The number of hydrogen-bond donors (Lipinski definition) is 2. The van der Waals surface area contributed by atoms with Gasteiger partial charge in [-0.15, -0.1) is 0 Å². The lowest BCUT2D eigenvalue weighted by molar-refractivity contribution is -0.127. The summed E-state index contributed by atoms with van der Waals surface area (Å²) in [5.74, 6) is 0.212. The van der Waals surface area contributed by atoms with Gasteiger partial charge in [-0.3, -0.25) is 9.59 Å². The Bertz CT molecular complexity index is 1140. The van der Waals surface area contributed by atoms with E-state index in [1.165, 1.54) is 19.3 Å². The van der Waals surface area contributed by atoms with Gasteiger partial charge >= 0.3 is 0 Å². The SMILES string of the molecule is C=CC(=O)N1CCCC(n2nc(-c3ccc(CNC(C)=O)cc3)c3c(N)ncnc32)C1. The van der Waals surface area contributed by atoms with Crippen LogP contribution in [0.5, 0.6) is 0 Å². The van der Waals surface area contributed by atoms with Crippen LogP contribution in [0.1, 0.15) is 31.4 Å². The Morgan fingerprint density at radius 3 is 2.77 bits per heavy atom. The second-order valence-corrected chi connectivity index (χ2v) is 7.64. The zero-order valence-electron chi connectivity index (χ0n) is 17.4. The van der Waals surface area contributed by atoms with Crippen LogP contribution in [0.4, 0.5) is 5.82 Å². The lowest BCUT2D eigenvalue weighted by Crippen LogP contribution is -2.40. The van der Waals surface area contributed by atoms with E-state index < -0.39 is 0 Å². The van der Waals surface area contributed by atoms with Gasteiger partial charge in [-0.2, -0.15) is 5.10 Å².